The van der Waals surface area contributed by atoms with E-state index in [1.165, 1.54) is 24.3 Å². The molecule has 0 aliphatic carbocycles. The highest BCUT2D eigenvalue weighted by Crippen LogP contribution is 2.30. The zero-order valence-electron chi connectivity index (χ0n) is 14.5. The molecule has 9 heteroatoms. The summed E-state index contributed by atoms with van der Waals surface area (Å²) in [6.45, 7) is 2.45. The Morgan fingerprint density at radius 3 is 2.56 bits per heavy atom. The number of nitrogens with zero attached hydrogens (tertiary/aromatic N) is 1. The molecule has 1 fully saturated rings. The van der Waals surface area contributed by atoms with Gasteiger partial charge in [0.25, 0.3) is 0 Å². The average molecular weight is 415 g/mol. The normalized spacial score (nSPS) is 14.8. The molecule has 3 rings (SSSR count). The van der Waals surface area contributed by atoms with E-state index in [-0.39, 0.29) is 18.2 Å². The molecule has 0 spiro atoms. The molecule has 0 radical (unpaired) electrons. The molecule has 2 aromatic rings. The first-order valence-electron chi connectivity index (χ1n) is 8.44. The molecule has 0 unspecified atom stereocenters. The standard InChI is InChI=1S/C18H20ClFN2O4S/c19-14-1-6-18(22-7-9-25-10-8-22)17(13-14)21-27(23,24)12-11-26-16-4-2-15(20)3-5-16/h1-6,13,21H,7-12H2. The number of benzene rings is 2. The third-order valence-electron chi connectivity index (χ3n) is 4.01. The molecule has 6 nitrogen and oxygen atoms in total. The molecule has 1 N–H and O–H groups in total. The van der Waals surface area contributed by atoms with Gasteiger partial charge >= 0.3 is 0 Å². The Hall–Kier alpha value is -2.03. The van der Waals surface area contributed by atoms with Gasteiger partial charge in [-0.05, 0) is 42.5 Å². The van der Waals surface area contributed by atoms with E-state index in [0.717, 1.165) is 5.69 Å². The van der Waals surface area contributed by atoms with Crippen LogP contribution in [-0.2, 0) is 14.8 Å². The van der Waals surface area contributed by atoms with Crippen LogP contribution in [-0.4, -0.2) is 47.1 Å². The molecule has 0 aromatic heterocycles. The number of morpholine rings is 1. The Morgan fingerprint density at radius 1 is 1.15 bits per heavy atom. The van der Waals surface area contributed by atoms with Crippen LogP contribution in [0.15, 0.2) is 42.5 Å². The highest BCUT2D eigenvalue weighted by Gasteiger charge is 2.19. The quantitative estimate of drug-likeness (QED) is 0.753. The Morgan fingerprint density at radius 2 is 1.85 bits per heavy atom. The summed E-state index contributed by atoms with van der Waals surface area (Å²) in [4.78, 5) is 2.05. The van der Waals surface area contributed by atoms with E-state index in [2.05, 4.69) is 4.72 Å². The van der Waals surface area contributed by atoms with Gasteiger partial charge in [0.15, 0.2) is 0 Å². The summed E-state index contributed by atoms with van der Waals surface area (Å²) in [5, 5.41) is 0.437. The first kappa shape index (κ1) is 19.7. The smallest absolute Gasteiger partial charge is 0.236 e. The number of nitrogens with one attached hydrogen (secondary N) is 1. The fourth-order valence-corrected chi connectivity index (χ4v) is 3.76. The zero-order valence-corrected chi connectivity index (χ0v) is 16.1. The van der Waals surface area contributed by atoms with E-state index < -0.39 is 10.0 Å². The van der Waals surface area contributed by atoms with E-state index >= 15 is 0 Å². The molecule has 27 heavy (non-hydrogen) atoms. The van der Waals surface area contributed by atoms with Gasteiger partial charge in [0.05, 0.1) is 24.6 Å². The molecule has 0 atom stereocenters. The fourth-order valence-electron chi connectivity index (χ4n) is 2.69. The third-order valence-corrected chi connectivity index (χ3v) is 5.48. The molecule has 1 aliphatic heterocycles. The van der Waals surface area contributed by atoms with Gasteiger partial charge in [-0.25, -0.2) is 12.8 Å². The monoisotopic (exact) mass is 414 g/mol. The molecular weight excluding hydrogens is 395 g/mol. The second-order valence-corrected chi connectivity index (χ2v) is 8.26. The largest absolute Gasteiger partial charge is 0.492 e. The third kappa shape index (κ3) is 5.72. The van der Waals surface area contributed by atoms with Crippen LogP contribution >= 0.6 is 11.6 Å². The maximum atomic E-state index is 12.9. The van der Waals surface area contributed by atoms with E-state index in [1.807, 2.05) is 4.90 Å². The predicted molar refractivity (Wildman–Crippen MR) is 104 cm³/mol. The average Bonchev–Trinajstić information content (AvgIpc) is 2.64. The Labute approximate surface area is 162 Å². The van der Waals surface area contributed by atoms with E-state index in [9.17, 15) is 12.8 Å². The number of halogens is 2. The topological polar surface area (TPSA) is 67.9 Å². The van der Waals surface area contributed by atoms with E-state index in [1.54, 1.807) is 18.2 Å². The van der Waals surface area contributed by atoms with Gasteiger partial charge in [0, 0.05) is 18.1 Å². The molecule has 1 saturated heterocycles. The number of hydrogen-bond acceptors (Lipinski definition) is 5. The Balaban J connectivity index is 1.65. The van der Waals surface area contributed by atoms with Gasteiger partial charge in [-0.2, -0.15) is 0 Å². The lowest BCUT2D eigenvalue weighted by Crippen LogP contribution is -2.37. The second-order valence-electron chi connectivity index (χ2n) is 5.98. The number of hydrogen-bond donors (Lipinski definition) is 1. The van der Waals surface area contributed by atoms with Crippen molar-refractivity contribution in [1.29, 1.82) is 0 Å². The molecule has 0 saturated carbocycles. The summed E-state index contributed by atoms with van der Waals surface area (Å²) >= 11 is 6.05. The first-order chi connectivity index (χ1) is 12.9. The summed E-state index contributed by atoms with van der Waals surface area (Å²) in [5.41, 5.74) is 1.18. The molecule has 2 aromatic carbocycles. The summed E-state index contributed by atoms with van der Waals surface area (Å²) in [6.07, 6.45) is 0. The lowest BCUT2D eigenvalue weighted by Gasteiger charge is -2.30. The Kier molecular flexibility index (Phi) is 6.41. The second kappa shape index (κ2) is 8.77. The zero-order chi connectivity index (χ0) is 19.3. The summed E-state index contributed by atoms with van der Waals surface area (Å²) in [5.74, 6) is -0.226. The van der Waals surface area contributed by atoms with Crippen molar-refractivity contribution in [2.45, 2.75) is 0 Å². The molecule has 0 amide bonds. The van der Waals surface area contributed by atoms with Crippen LogP contribution in [0, 0.1) is 5.82 Å². The Bertz CT molecular complexity index is 871. The van der Waals surface area contributed by atoms with Crippen LogP contribution in [0.25, 0.3) is 0 Å². The molecule has 0 bridgehead atoms. The van der Waals surface area contributed by atoms with Crippen molar-refractivity contribution in [1.82, 2.24) is 0 Å². The van der Waals surface area contributed by atoms with Gasteiger partial charge in [-0.1, -0.05) is 11.6 Å². The minimum atomic E-state index is -3.66. The summed E-state index contributed by atoms with van der Waals surface area (Å²) in [7, 11) is -3.66. The van der Waals surface area contributed by atoms with Crippen molar-refractivity contribution < 1.29 is 22.3 Å². The van der Waals surface area contributed by atoms with E-state index in [4.69, 9.17) is 21.1 Å². The van der Waals surface area contributed by atoms with Crippen molar-refractivity contribution in [3.63, 3.8) is 0 Å². The maximum Gasteiger partial charge on any atom is 0.236 e. The van der Waals surface area contributed by atoms with E-state index in [0.29, 0.717) is 42.8 Å². The van der Waals surface area contributed by atoms with Crippen molar-refractivity contribution in [2.24, 2.45) is 0 Å². The van der Waals surface area contributed by atoms with Crippen LogP contribution in [0.2, 0.25) is 5.02 Å². The van der Waals surface area contributed by atoms with Crippen LogP contribution in [0.4, 0.5) is 15.8 Å². The van der Waals surface area contributed by atoms with Crippen LogP contribution < -0.4 is 14.4 Å². The molecule has 1 heterocycles. The van der Waals surface area contributed by atoms with Crippen LogP contribution in [0.3, 0.4) is 0 Å². The first-order valence-corrected chi connectivity index (χ1v) is 10.5. The van der Waals surface area contributed by atoms with Crippen molar-refractivity contribution in [2.75, 3.05) is 48.3 Å². The SMILES string of the molecule is O=S(=O)(CCOc1ccc(F)cc1)Nc1cc(Cl)ccc1N1CCOCC1. The highest BCUT2D eigenvalue weighted by molar-refractivity contribution is 7.92. The number of rotatable bonds is 7. The summed E-state index contributed by atoms with van der Waals surface area (Å²) < 4.78 is 51.1. The lowest BCUT2D eigenvalue weighted by molar-refractivity contribution is 0.123. The van der Waals surface area contributed by atoms with Crippen LogP contribution in [0.1, 0.15) is 0 Å². The van der Waals surface area contributed by atoms with Gasteiger partial charge in [-0.3, -0.25) is 4.72 Å². The van der Waals surface area contributed by atoms with Gasteiger partial charge in [-0.15, -0.1) is 0 Å². The number of ether oxygens (including phenoxy) is 2. The van der Waals surface area contributed by atoms with Crippen molar-refractivity contribution >= 4 is 33.0 Å². The van der Waals surface area contributed by atoms with Crippen molar-refractivity contribution in [3.05, 3.63) is 53.3 Å². The predicted octanol–water partition coefficient (Wildman–Crippen LogP) is 3.14. The van der Waals surface area contributed by atoms with Crippen LogP contribution in [0.5, 0.6) is 5.75 Å². The van der Waals surface area contributed by atoms with Crippen molar-refractivity contribution in [3.8, 4) is 5.75 Å². The number of anilines is 2. The molecule has 146 valence electrons. The molecular formula is C18H20ClFN2O4S. The lowest BCUT2D eigenvalue weighted by atomic mass is 10.2. The molecule has 1 aliphatic rings. The fraction of sp³-hybridized carbons (Fsp3) is 0.333. The highest BCUT2D eigenvalue weighted by atomic mass is 35.5. The summed E-state index contributed by atoms with van der Waals surface area (Å²) in [6, 6.07) is 10.5. The van der Waals surface area contributed by atoms with Gasteiger partial charge in [0.2, 0.25) is 10.0 Å². The maximum absolute atomic E-state index is 12.9. The number of sulfonamides is 1. The van der Waals surface area contributed by atoms with Gasteiger partial charge in [0.1, 0.15) is 23.9 Å². The minimum absolute atomic E-state index is 0.0611. The minimum Gasteiger partial charge on any atom is -0.492 e. The van der Waals surface area contributed by atoms with Gasteiger partial charge < -0.3 is 14.4 Å².